The van der Waals surface area contributed by atoms with Crippen LogP contribution in [-0.2, 0) is 6.42 Å². The molecule has 0 saturated carbocycles. The van der Waals surface area contributed by atoms with Crippen molar-refractivity contribution in [2.75, 3.05) is 18.5 Å². The van der Waals surface area contributed by atoms with Crippen molar-refractivity contribution in [3.8, 4) is 5.75 Å². The van der Waals surface area contributed by atoms with Gasteiger partial charge in [0.2, 0.25) is 5.52 Å². The molecule has 1 N–H and O–H groups in total. The summed E-state index contributed by atoms with van der Waals surface area (Å²) in [6.07, 6.45) is 0.913. The van der Waals surface area contributed by atoms with E-state index in [9.17, 15) is 10.1 Å². The molecule has 0 aliphatic carbocycles. The maximum atomic E-state index is 11.0. The third-order valence-corrected chi connectivity index (χ3v) is 4.13. The zero-order chi connectivity index (χ0) is 16.5. The monoisotopic (exact) mass is 326 g/mol. The van der Waals surface area contributed by atoms with Gasteiger partial charge in [-0.1, -0.05) is 18.2 Å². The summed E-state index contributed by atoms with van der Waals surface area (Å²) in [5.74, 6) is 1.23. The van der Waals surface area contributed by atoms with Crippen LogP contribution >= 0.6 is 0 Å². The van der Waals surface area contributed by atoms with Crippen molar-refractivity contribution in [3.05, 3.63) is 52.1 Å². The Morgan fingerprint density at radius 1 is 1.21 bits per heavy atom. The van der Waals surface area contributed by atoms with E-state index in [1.165, 1.54) is 11.6 Å². The number of non-ortho nitro benzene ring substituents is 1. The minimum Gasteiger partial charge on any atom is -0.493 e. The van der Waals surface area contributed by atoms with E-state index >= 15 is 0 Å². The minimum absolute atomic E-state index is 0.119. The average molecular weight is 326 g/mol. The first-order chi connectivity index (χ1) is 11.7. The largest absolute Gasteiger partial charge is 0.493 e. The van der Waals surface area contributed by atoms with E-state index in [0.29, 0.717) is 30.3 Å². The fraction of sp³-hybridized carbons (Fsp3) is 0.250. The lowest BCUT2D eigenvalue weighted by molar-refractivity contribution is -0.383. The molecule has 1 aliphatic heterocycles. The number of hydrogen-bond acceptors (Lipinski definition) is 7. The van der Waals surface area contributed by atoms with Gasteiger partial charge in [0.25, 0.3) is 0 Å². The molecule has 1 aliphatic rings. The topological polar surface area (TPSA) is 103 Å². The molecule has 3 aromatic rings. The predicted molar refractivity (Wildman–Crippen MR) is 86.1 cm³/mol. The zero-order valence-corrected chi connectivity index (χ0v) is 12.6. The number of fused-ring (bicyclic) bond motifs is 2. The lowest BCUT2D eigenvalue weighted by Crippen LogP contribution is -2.27. The van der Waals surface area contributed by atoms with Crippen molar-refractivity contribution in [2.24, 2.45) is 5.92 Å². The van der Waals surface area contributed by atoms with Gasteiger partial charge in [-0.15, -0.1) is 0 Å². The Labute approximate surface area is 136 Å². The van der Waals surface area contributed by atoms with Gasteiger partial charge >= 0.3 is 5.69 Å². The first kappa shape index (κ1) is 14.4. The quantitative estimate of drug-likeness (QED) is 0.580. The van der Waals surface area contributed by atoms with Gasteiger partial charge in [0.05, 0.1) is 17.2 Å². The molecular weight excluding hydrogens is 312 g/mol. The van der Waals surface area contributed by atoms with Gasteiger partial charge in [-0.25, -0.2) is 4.63 Å². The first-order valence-corrected chi connectivity index (χ1v) is 7.56. The smallest absolute Gasteiger partial charge is 0.300 e. The average Bonchev–Trinajstić information content (AvgIpc) is 3.09. The van der Waals surface area contributed by atoms with Crippen LogP contribution in [-0.4, -0.2) is 28.4 Å². The molecule has 122 valence electrons. The number of nitrogens with one attached hydrogen (secondary N) is 1. The van der Waals surface area contributed by atoms with Crippen LogP contribution in [0.5, 0.6) is 5.75 Å². The van der Waals surface area contributed by atoms with Gasteiger partial charge in [-0.05, 0) is 34.4 Å². The van der Waals surface area contributed by atoms with Crippen LogP contribution in [0.1, 0.15) is 5.56 Å². The van der Waals surface area contributed by atoms with Crippen LogP contribution in [0.4, 0.5) is 11.4 Å². The van der Waals surface area contributed by atoms with Gasteiger partial charge in [0.1, 0.15) is 5.75 Å². The fourth-order valence-corrected chi connectivity index (χ4v) is 2.92. The van der Waals surface area contributed by atoms with E-state index < -0.39 is 4.92 Å². The summed E-state index contributed by atoms with van der Waals surface area (Å²) in [6, 6.07) is 11.0. The van der Waals surface area contributed by atoms with Crippen LogP contribution in [0.25, 0.3) is 11.0 Å². The standard InChI is InChI=1S/C16H14N4O4/c21-20(22)13-6-5-12(15-16(13)19-24-18-15)17-8-10-7-11-3-1-2-4-14(11)23-9-10/h1-6,10,17H,7-9H2. The molecule has 0 amide bonds. The third kappa shape index (κ3) is 2.51. The Morgan fingerprint density at radius 2 is 2.04 bits per heavy atom. The summed E-state index contributed by atoms with van der Waals surface area (Å²) in [6.45, 7) is 1.28. The Hall–Kier alpha value is -3.16. The van der Waals surface area contributed by atoms with E-state index in [1.807, 2.05) is 18.2 Å². The Kier molecular flexibility index (Phi) is 3.49. The Morgan fingerprint density at radius 3 is 2.92 bits per heavy atom. The van der Waals surface area contributed by atoms with Crippen molar-refractivity contribution >= 4 is 22.4 Å². The molecule has 1 atom stereocenters. The molecule has 0 fully saturated rings. The Balaban J connectivity index is 1.51. The van der Waals surface area contributed by atoms with Crippen molar-refractivity contribution in [2.45, 2.75) is 6.42 Å². The van der Waals surface area contributed by atoms with Gasteiger partial charge < -0.3 is 10.1 Å². The highest BCUT2D eigenvalue weighted by Crippen LogP contribution is 2.30. The number of hydrogen-bond donors (Lipinski definition) is 1. The van der Waals surface area contributed by atoms with E-state index in [2.05, 4.69) is 26.3 Å². The summed E-state index contributed by atoms with van der Waals surface area (Å²) in [4.78, 5) is 10.5. The lowest BCUT2D eigenvalue weighted by atomic mass is 9.96. The number of aromatic nitrogens is 2. The summed E-state index contributed by atoms with van der Waals surface area (Å²) in [5.41, 5.74) is 2.24. The number of anilines is 1. The second-order valence-electron chi connectivity index (χ2n) is 5.72. The van der Waals surface area contributed by atoms with Crippen LogP contribution in [0, 0.1) is 16.0 Å². The van der Waals surface area contributed by atoms with Crippen molar-refractivity contribution in [3.63, 3.8) is 0 Å². The lowest BCUT2D eigenvalue weighted by Gasteiger charge is -2.25. The summed E-state index contributed by atoms with van der Waals surface area (Å²) >= 11 is 0. The number of para-hydroxylation sites is 1. The number of benzene rings is 2. The van der Waals surface area contributed by atoms with Gasteiger partial charge in [-0.2, -0.15) is 0 Å². The number of nitro benzene ring substituents is 1. The summed E-state index contributed by atoms with van der Waals surface area (Å²) in [5, 5.41) is 21.7. The van der Waals surface area contributed by atoms with Crippen LogP contribution in [0.15, 0.2) is 41.0 Å². The van der Waals surface area contributed by atoms with Gasteiger partial charge in [0.15, 0.2) is 5.52 Å². The van der Waals surface area contributed by atoms with E-state index in [4.69, 9.17) is 4.74 Å². The zero-order valence-electron chi connectivity index (χ0n) is 12.6. The minimum atomic E-state index is -0.498. The Bertz CT molecular complexity index is 908. The van der Waals surface area contributed by atoms with Gasteiger partial charge in [-0.3, -0.25) is 10.1 Å². The second kappa shape index (κ2) is 5.80. The fourth-order valence-electron chi connectivity index (χ4n) is 2.92. The molecule has 8 nitrogen and oxygen atoms in total. The highest BCUT2D eigenvalue weighted by molar-refractivity contribution is 5.93. The molecule has 24 heavy (non-hydrogen) atoms. The van der Waals surface area contributed by atoms with Gasteiger partial charge in [0, 0.05) is 18.5 Å². The molecule has 1 unspecified atom stereocenters. The molecule has 0 saturated heterocycles. The van der Waals surface area contributed by atoms with Crippen molar-refractivity contribution in [1.82, 2.24) is 10.3 Å². The molecule has 8 heteroatoms. The third-order valence-electron chi connectivity index (χ3n) is 4.13. The molecular formula is C16H14N4O4. The van der Waals surface area contributed by atoms with E-state index in [-0.39, 0.29) is 11.2 Å². The molecule has 2 aromatic carbocycles. The highest BCUT2D eigenvalue weighted by atomic mass is 16.6. The number of rotatable bonds is 4. The van der Waals surface area contributed by atoms with Crippen LogP contribution in [0.2, 0.25) is 0 Å². The number of nitrogens with zero attached hydrogens (tertiary/aromatic N) is 3. The number of ether oxygens (including phenoxy) is 1. The van der Waals surface area contributed by atoms with Crippen LogP contribution in [0.3, 0.4) is 0 Å². The normalized spacial score (nSPS) is 16.4. The van der Waals surface area contributed by atoms with E-state index in [0.717, 1.165) is 12.2 Å². The summed E-state index contributed by atoms with van der Waals surface area (Å²) < 4.78 is 10.4. The SMILES string of the molecule is O=[N+]([O-])c1ccc(NCC2COc3ccccc3C2)c2nonc12. The molecule has 2 heterocycles. The molecule has 0 bridgehead atoms. The second-order valence-corrected chi connectivity index (χ2v) is 5.72. The molecule has 0 radical (unpaired) electrons. The number of nitro groups is 1. The maximum Gasteiger partial charge on any atom is 0.300 e. The molecule has 4 rings (SSSR count). The summed E-state index contributed by atoms with van der Waals surface area (Å²) in [7, 11) is 0. The molecule has 0 spiro atoms. The van der Waals surface area contributed by atoms with Crippen molar-refractivity contribution < 1.29 is 14.3 Å². The molecule has 1 aromatic heterocycles. The predicted octanol–water partition coefficient (Wildman–Crippen LogP) is 2.79. The highest BCUT2D eigenvalue weighted by Gasteiger charge is 2.22. The maximum absolute atomic E-state index is 11.0. The van der Waals surface area contributed by atoms with Crippen molar-refractivity contribution in [1.29, 1.82) is 0 Å². The first-order valence-electron chi connectivity index (χ1n) is 7.56. The van der Waals surface area contributed by atoms with Crippen LogP contribution < -0.4 is 10.1 Å². The van der Waals surface area contributed by atoms with E-state index in [1.54, 1.807) is 6.07 Å².